The minimum atomic E-state index is -4.21. The summed E-state index contributed by atoms with van der Waals surface area (Å²) in [7, 11) is 1.56. The van der Waals surface area contributed by atoms with Crippen molar-refractivity contribution in [3.05, 3.63) is 35.4 Å². The Morgan fingerprint density at radius 3 is 2.38 bits per heavy atom. The molecule has 1 fully saturated rings. The molecule has 0 aliphatic carbocycles. The second kappa shape index (κ2) is 9.74. The van der Waals surface area contributed by atoms with Crippen LogP contribution in [-0.2, 0) is 0 Å². The fourth-order valence-corrected chi connectivity index (χ4v) is 3.46. The molecule has 1 saturated heterocycles. The summed E-state index contributed by atoms with van der Waals surface area (Å²) in [6.45, 7) is 0.167. The lowest BCUT2D eigenvalue weighted by atomic mass is 10.1. The van der Waals surface area contributed by atoms with Gasteiger partial charge in [-0.2, -0.15) is 13.2 Å². The molecule has 3 rings (SSSR count). The summed E-state index contributed by atoms with van der Waals surface area (Å²) in [5.74, 6) is -0.233. The van der Waals surface area contributed by atoms with Crippen LogP contribution in [0.5, 0.6) is 0 Å². The highest BCUT2D eigenvalue weighted by molar-refractivity contribution is 14.0. The van der Waals surface area contributed by atoms with Crippen LogP contribution in [0.2, 0.25) is 0 Å². The van der Waals surface area contributed by atoms with Crippen LogP contribution >= 0.6 is 24.0 Å². The lowest BCUT2D eigenvalue weighted by Crippen LogP contribution is -2.47. The average molecular weight is 525 g/mol. The maximum absolute atomic E-state index is 12.5. The third kappa shape index (κ3) is 5.81. The second-order valence-corrected chi connectivity index (χ2v) is 6.79. The number of nitrogens with one attached hydrogen (secondary N) is 2. The number of guanidine groups is 1. The van der Waals surface area contributed by atoms with Crippen molar-refractivity contribution in [2.45, 2.75) is 18.6 Å². The number of benzene rings is 1. The van der Waals surface area contributed by atoms with Crippen molar-refractivity contribution in [1.82, 2.24) is 20.4 Å². The predicted octanol–water partition coefficient (Wildman–Crippen LogP) is 1.70. The number of carbonyl (C=O) groups excluding carboxylic acids is 2. The molecule has 2 aliphatic heterocycles. The highest BCUT2D eigenvalue weighted by atomic mass is 127. The first-order chi connectivity index (χ1) is 13.3. The fraction of sp³-hybridized carbons (Fsp3) is 0.500. The third-order valence-corrected chi connectivity index (χ3v) is 4.75. The quantitative estimate of drug-likeness (QED) is 0.265. The lowest BCUT2D eigenvalue weighted by molar-refractivity contribution is -0.143. The van der Waals surface area contributed by atoms with E-state index in [1.54, 1.807) is 31.3 Å². The zero-order chi connectivity index (χ0) is 20.3. The van der Waals surface area contributed by atoms with E-state index in [-0.39, 0.29) is 61.5 Å². The molecule has 29 heavy (non-hydrogen) atoms. The molecular formula is C18H23F3IN5O2. The van der Waals surface area contributed by atoms with Gasteiger partial charge < -0.3 is 10.6 Å². The van der Waals surface area contributed by atoms with Crippen LogP contribution < -0.4 is 10.6 Å². The van der Waals surface area contributed by atoms with Crippen LogP contribution in [0.15, 0.2) is 29.3 Å². The largest absolute Gasteiger partial charge is 0.401 e. The maximum atomic E-state index is 12.5. The fourth-order valence-electron chi connectivity index (χ4n) is 3.46. The highest BCUT2D eigenvalue weighted by Gasteiger charge is 2.35. The molecule has 0 spiro atoms. The van der Waals surface area contributed by atoms with E-state index in [2.05, 4.69) is 15.6 Å². The molecule has 160 valence electrons. The van der Waals surface area contributed by atoms with Gasteiger partial charge in [-0.3, -0.25) is 24.4 Å². The number of imide groups is 1. The summed E-state index contributed by atoms with van der Waals surface area (Å²) in [5.41, 5.74) is 0.788. The van der Waals surface area contributed by atoms with Gasteiger partial charge in [0.1, 0.15) is 0 Å². The summed E-state index contributed by atoms with van der Waals surface area (Å²) < 4.78 is 37.4. The van der Waals surface area contributed by atoms with Crippen LogP contribution in [0.25, 0.3) is 0 Å². The van der Waals surface area contributed by atoms with Gasteiger partial charge in [-0.05, 0) is 18.6 Å². The average Bonchev–Trinajstić information content (AvgIpc) is 3.17. The highest BCUT2D eigenvalue weighted by Crippen LogP contribution is 2.22. The smallest absolute Gasteiger partial charge is 0.355 e. The number of aliphatic imine (C=N–C) groups is 1. The Balaban J connectivity index is 0.00000300. The number of likely N-dealkylation sites (tertiary alicyclic amines) is 1. The number of amides is 2. The van der Waals surface area contributed by atoms with Crippen molar-refractivity contribution >= 4 is 41.8 Å². The molecule has 0 radical (unpaired) electrons. The minimum absolute atomic E-state index is 0. The number of nitrogens with zero attached hydrogens (tertiary/aromatic N) is 3. The molecule has 2 aliphatic rings. The van der Waals surface area contributed by atoms with Gasteiger partial charge >= 0.3 is 6.18 Å². The molecule has 0 bridgehead atoms. The first kappa shape index (κ1) is 23.4. The van der Waals surface area contributed by atoms with Crippen LogP contribution in [0.3, 0.4) is 0 Å². The molecule has 0 aromatic heterocycles. The van der Waals surface area contributed by atoms with Crippen LogP contribution in [-0.4, -0.2) is 79.6 Å². The molecule has 2 N–H and O–H groups in total. The Kier molecular flexibility index (Phi) is 7.86. The molecular weight excluding hydrogens is 502 g/mol. The summed E-state index contributed by atoms with van der Waals surface area (Å²) >= 11 is 0. The van der Waals surface area contributed by atoms with Crippen molar-refractivity contribution in [3.63, 3.8) is 0 Å². The monoisotopic (exact) mass is 525 g/mol. The number of rotatable bonds is 5. The van der Waals surface area contributed by atoms with E-state index in [1.807, 2.05) is 0 Å². The molecule has 1 unspecified atom stereocenters. The number of hydrogen-bond acceptors (Lipinski definition) is 4. The van der Waals surface area contributed by atoms with Gasteiger partial charge in [0, 0.05) is 39.3 Å². The zero-order valence-electron chi connectivity index (χ0n) is 15.8. The number of fused-ring (bicyclic) bond motifs is 1. The van der Waals surface area contributed by atoms with E-state index in [1.165, 1.54) is 9.80 Å². The number of carbonyl (C=O) groups is 2. The first-order valence-corrected chi connectivity index (χ1v) is 9.00. The predicted molar refractivity (Wildman–Crippen MR) is 113 cm³/mol. The normalized spacial score (nSPS) is 19.9. The Morgan fingerprint density at radius 2 is 1.83 bits per heavy atom. The van der Waals surface area contributed by atoms with Gasteiger partial charge in [0.15, 0.2) is 5.96 Å². The van der Waals surface area contributed by atoms with Crippen molar-refractivity contribution < 1.29 is 22.8 Å². The summed E-state index contributed by atoms with van der Waals surface area (Å²) in [5, 5.41) is 6.09. The van der Waals surface area contributed by atoms with Crippen molar-refractivity contribution in [1.29, 1.82) is 0 Å². The van der Waals surface area contributed by atoms with Crippen LogP contribution in [0, 0.1) is 0 Å². The van der Waals surface area contributed by atoms with Gasteiger partial charge in [0.2, 0.25) is 0 Å². The van der Waals surface area contributed by atoms with Crippen molar-refractivity contribution in [2.75, 3.05) is 39.8 Å². The Labute approximate surface area is 183 Å². The summed E-state index contributed by atoms with van der Waals surface area (Å²) in [6, 6.07) is 6.52. The van der Waals surface area contributed by atoms with E-state index in [4.69, 9.17) is 0 Å². The van der Waals surface area contributed by atoms with Gasteiger partial charge in [-0.25, -0.2) is 0 Å². The molecule has 2 heterocycles. The van der Waals surface area contributed by atoms with Gasteiger partial charge in [-0.15, -0.1) is 24.0 Å². The topological polar surface area (TPSA) is 77.0 Å². The van der Waals surface area contributed by atoms with Crippen LogP contribution in [0.1, 0.15) is 27.1 Å². The Hall–Kier alpha value is -1.89. The first-order valence-electron chi connectivity index (χ1n) is 9.00. The Morgan fingerprint density at radius 1 is 1.21 bits per heavy atom. The second-order valence-electron chi connectivity index (χ2n) is 6.79. The van der Waals surface area contributed by atoms with Crippen LogP contribution in [0.4, 0.5) is 13.2 Å². The number of hydrogen-bond donors (Lipinski definition) is 2. The van der Waals surface area contributed by atoms with Gasteiger partial charge in [0.05, 0.1) is 17.7 Å². The molecule has 7 nitrogen and oxygen atoms in total. The molecule has 0 saturated carbocycles. The minimum Gasteiger partial charge on any atom is -0.355 e. The Bertz CT molecular complexity index is 752. The van der Waals surface area contributed by atoms with Gasteiger partial charge in [-0.1, -0.05) is 12.1 Å². The molecule has 1 aromatic rings. The molecule has 11 heteroatoms. The van der Waals surface area contributed by atoms with Crippen molar-refractivity contribution in [2.24, 2.45) is 4.99 Å². The zero-order valence-corrected chi connectivity index (χ0v) is 18.2. The third-order valence-electron chi connectivity index (χ3n) is 4.75. The van der Waals surface area contributed by atoms with E-state index >= 15 is 0 Å². The van der Waals surface area contributed by atoms with E-state index in [9.17, 15) is 22.8 Å². The standard InChI is InChI=1S/C18H22F3N5O2.HI/c1-22-17(24-12-6-8-25(10-12)11-18(19,20)21)23-7-9-26-15(27)13-4-2-3-5-14(13)16(26)28;/h2-5,12H,6-11H2,1H3,(H2,22,23,24);1H. The number of alkyl halides is 3. The van der Waals surface area contributed by atoms with E-state index < -0.39 is 12.7 Å². The van der Waals surface area contributed by atoms with Gasteiger partial charge in [0.25, 0.3) is 11.8 Å². The SMILES string of the molecule is CN=C(NCCN1C(=O)c2ccccc2C1=O)NC1CCN(CC(F)(F)F)C1.I. The molecule has 1 atom stereocenters. The number of halogens is 4. The summed E-state index contributed by atoms with van der Waals surface area (Å²) in [4.78, 5) is 31.2. The van der Waals surface area contributed by atoms with E-state index in [0.717, 1.165) is 0 Å². The lowest BCUT2D eigenvalue weighted by Gasteiger charge is -2.20. The molecule has 1 aromatic carbocycles. The summed E-state index contributed by atoms with van der Waals surface area (Å²) in [6.07, 6.45) is -3.63. The molecule has 2 amide bonds. The van der Waals surface area contributed by atoms with E-state index in [0.29, 0.717) is 30.1 Å². The maximum Gasteiger partial charge on any atom is 0.401 e. The van der Waals surface area contributed by atoms with Crippen molar-refractivity contribution in [3.8, 4) is 0 Å².